The molecular weight excluding hydrogens is 660 g/mol. The molecule has 0 bridgehead atoms. The number of nitrogens with two attached hydrogens (primary N) is 1. The van der Waals surface area contributed by atoms with Crippen LogP contribution in [0.2, 0.25) is 5.02 Å². The smallest absolute Gasteiger partial charge is 0.267 e. The van der Waals surface area contributed by atoms with Crippen LogP contribution in [-0.2, 0) is 17.7 Å². The van der Waals surface area contributed by atoms with Crippen molar-refractivity contribution in [2.75, 3.05) is 29.0 Å². The Labute approximate surface area is 276 Å². The Balaban J connectivity index is 1.60. The third-order valence-electron chi connectivity index (χ3n) is 7.77. The molecule has 1 fully saturated rings. The number of anilines is 2. The maximum Gasteiger partial charge on any atom is 0.267 e. The normalized spacial score (nSPS) is 17.6. The molecule has 1 aliphatic heterocycles. The summed E-state index contributed by atoms with van der Waals surface area (Å²) < 4.78 is 67.0. The van der Waals surface area contributed by atoms with Crippen molar-refractivity contribution in [2.45, 2.75) is 51.5 Å². The van der Waals surface area contributed by atoms with Crippen molar-refractivity contribution in [3.63, 3.8) is 0 Å². The van der Waals surface area contributed by atoms with Crippen LogP contribution in [0.1, 0.15) is 31.3 Å². The molecule has 10 nitrogen and oxygen atoms in total. The molecule has 16 heteroatoms. The number of nitrogens with one attached hydrogen (secondary N) is 1. The molecule has 6 rings (SSSR count). The molecule has 248 valence electrons. The van der Waals surface area contributed by atoms with Gasteiger partial charge in [0.2, 0.25) is 0 Å². The van der Waals surface area contributed by atoms with Crippen LogP contribution in [-0.4, -0.2) is 62.3 Å². The highest BCUT2D eigenvalue weighted by molar-refractivity contribution is 7.99. The molecule has 47 heavy (non-hydrogen) atoms. The highest BCUT2D eigenvalue weighted by Gasteiger charge is 2.27. The van der Waals surface area contributed by atoms with E-state index in [1.165, 1.54) is 28.6 Å². The summed E-state index contributed by atoms with van der Waals surface area (Å²) in [5, 5.41) is 5.00. The Morgan fingerprint density at radius 2 is 1.79 bits per heavy atom. The first-order valence-corrected chi connectivity index (χ1v) is 16.3. The van der Waals surface area contributed by atoms with Gasteiger partial charge in [0.15, 0.2) is 11.5 Å². The van der Waals surface area contributed by atoms with Crippen molar-refractivity contribution in [1.82, 2.24) is 24.3 Å². The van der Waals surface area contributed by atoms with Crippen LogP contribution in [0.25, 0.3) is 27.6 Å². The summed E-state index contributed by atoms with van der Waals surface area (Å²) in [5.74, 6) is -0.787. The van der Waals surface area contributed by atoms with Gasteiger partial charge < -0.3 is 20.1 Å². The van der Waals surface area contributed by atoms with Crippen LogP contribution < -0.4 is 20.9 Å². The number of halogens is 5. The van der Waals surface area contributed by atoms with Gasteiger partial charge in [0.1, 0.15) is 29.8 Å². The second-order valence-corrected chi connectivity index (χ2v) is 12.4. The minimum Gasteiger partial charge on any atom is -0.372 e. The van der Waals surface area contributed by atoms with Crippen LogP contribution in [0.3, 0.4) is 0 Å². The maximum atomic E-state index is 14.4. The minimum absolute atomic E-state index is 0.00618. The summed E-state index contributed by atoms with van der Waals surface area (Å²) in [4.78, 5) is 26.0. The van der Waals surface area contributed by atoms with Gasteiger partial charge in [-0.15, -0.1) is 0 Å². The average Bonchev–Trinajstić information content (AvgIpc) is 3.34. The first kappa shape index (κ1) is 33.0. The molecule has 4 heterocycles. The number of ether oxygens (including phenoxy) is 1. The third-order valence-corrected chi connectivity index (χ3v) is 8.48. The van der Waals surface area contributed by atoms with E-state index in [4.69, 9.17) is 32.0 Å². The standard InChI is InChI=1S/C31H31ClF4N8O2S/c1-15-12-42(13-16(2)46-15)25-7-4-20-28(38-25)39-30(22(37)10-17-8-18(33)11-19(34)9-17)44(31(20)45)23-6-5-21(32)26-27(23)43(14-24(35)36)40-29(26)41-47-3/h4-9,11,15-16,22,24H,10,12-14,37H2,1-3H3,(H,40,41). The lowest BCUT2D eigenvalue weighted by molar-refractivity contribution is -0.00544. The fourth-order valence-electron chi connectivity index (χ4n) is 6.04. The van der Waals surface area contributed by atoms with Gasteiger partial charge in [-0.3, -0.25) is 14.0 Å². The first-order chi connectivity index (χ1) is 22.4. The topological polar surface area (TPSA) is 116 Å². The van der Waals surface area contributed by atoms with E-state index in [1.54, 1.807) is 18.4 Å². The molecule has 0 amide bonds. The van der Waals surface area contributed by atoms with Crippen molar-refractivity contribution in [1.29, 1.82) is 0 Å². The lowest BCUT2D eigenvalue weighted by atomic mass is 10.0. The van der Waals surface area contributed by atoms with Crippen molar-refractivity contribution >= 4 is 57.1 Å². The molecule has 3 unspecified atom stereocenters. The van der Waals surface area contributed by atoms with Crippen molar-refractivity contribution < 1.29 is 22.3 Å². The van der Waals surface area contributed by atoms with Gasteiger partial charge in [-0.05, 0) is 62.2 Å². The third kappa shape index (κ3) is 6.62. The Morgan fingerprint density at radius 1 is 1.09 bits per heavy atom. The molecule has 1 saturated heterocycles. The monoisotopic (exact) mass is 690 g/mol. The number of nitrogens with zero attached hydrogens (tertiary/aromatic N) is 6. The highest BCUT2D eigenvalue weighted by atomic mass is 35.5. The number of alkyl halides is 2. The van der Waals surface area contributed by atoms with Gasteiger partial charge in [0, 0.05) is 25.4 Å². The molecule has 0 radical (unpaired) electrons. The second-order valence-electron chi connectivity index (χ2n) is 11.4. The van der Waals surface area contributed by atoms with Gasteiger partial charge in [-0.2, -0.15) is 5.10 Å². The average molecular weight is 691 g/mol. The Kier molecular flexibility index (Phi) is 9.34. The molecule has 1 aliphatic rings. The fourth-order valence-corrected chi connectivity index (χ4v) is 6.62. The van der Waals surface area contributed by atoms with E-state index in [0.717, 1.165) is 22.9 Å². The SMILES string of the molecule is CSNc1nn(CC(F)F)c2c(-n3c(C(N)Cc4cc(F)cc(F)c4)nc4nc(N5CC(C)OC(C)C5)ccc4c3=O)ccc(Cl)c12. The van der Waals surface area contributed by atoms with Crippen LogP contribution in [0, 0.1) is 11.6 Å². The molecule has 0 aliphatic carbocycles. The van der Waals surface area contributed by atoms with Crippen molar-refractivity contribution in [3.8, 4) is 5.69 Å². The first-order valence-electron chi connectivity index (χ1n) is 14.7. The number of hydrogen-bond donors (Lipinski definition) is 2. The molecule has 0 saturated carbocycles. The molecule has 0 spiro atoms. The second kappa shape index (κ2) is 13.3. The minimum atomic E-state index is -2.78. The van der Waals surface area contributed by atoms with E-state index >= 15 is 0 Å². The van der Waals surface area contributed by atoms with Gasteiger partial charge in [0.25, 0.3) is 12.0 Å². The predicted octanol–water partition coefficient (Wildman–Crippen LogP) is 5.87. The van der Waals surface area contributed by atoms with Gasteiger partial charge in [-0.1, -0.05) is 23.5 Å². The largest absolute Gasteiger partial charge is 0.372 e. The summed E-state index contributed by atoms with van der Waals surface area (Å²) in [6.45, 7) is 4.26. The summed E-state index contributed by atoms with van der Waals surface area (Å²) in [6, 6.07) is 8.28. The van der Waals surface area contributed by atoms with Gasteiger partial charge >= 0.3 is 0 Å². The number of hydrogen-bond acceptors (Lipinski definition) is 9. The van der Waals surface area contributed by atoms with Crippen LogP contribution in [0.15, 0.2) is 47.3 Å². The molecule has 5 aromatic rings. The predicted molar refractivity (Wildman–Crippen MR) is 176 cm³/mol. The van der Waals surface area contributed by atoms with Crippen LogP contribution >= 0.6 is 23.5 Å². The summed E-state index contributed by atoms with van der Waals surface area (Å²) in [6.07, 6.45) is -1.26. The summed E-state index contributed by atoms with van der Waals surface area (Å²) in [7, 11) is 0. The lowest BCUT2D eigenvalue weighted by Gasteiger charge is -2.36. The number of morpholine rings is 1. The molecule has 3 N–H and O–H groups in total. The molecule has 2 aromatic carbocycles. The van der Waals surface area contributed by atoms with E-state index in [9.17, 15) is 22.4 Å². The number of rotatable bonds is 9. The molecule has 3 aromatic heterocycles. The zero-order chi connectivity index (χ0) is 33.6. The molecule has 3 atom stereocenters. The summed E-state index contributed by atoms with van der Waals surface area (Å²) in [5.41, 5.74) is 6.71. The van der Waals surface area contributed by atoms with E-state index < -0.39 is 36.2 Å². The van der Waals surface area contributed by atoms with Crippen molar-refractivity contribution in [3.05, 3.63) is 80.9 Å². The maximum absolute atomic E-state index is 14.4. The van der Waals surface area contributed by atoms with E-state index in [-0.39, 0.29) is 63.1 Å². The lowest BCUT2D eigenvalue weighted by Crippen LogP contribution is -2.45. The quantitative estimate of drug-likeness (QED) is 0.145. The Hall–Kier alpha value is -3.92. The van der Waals surface area contributed by atoms with E-state index in [1.807, 2.05) is 18.7 Å². The summed E-state index contributed by atoms with van der Waals surface area (Å²) >= 11 is 7.77. The van der Waals surface area contributed by atoms with Crippen LogP contribution in [0.4, 0.5) is 29.2 Å². The zero-order valence-electron chi connectivity index (χ0n) is 25.6. The number of fused-ring (bicyclic) bond motifs is 2. The van der Waals surface area contributed by atoms with Gasteiger partial charge in [-0.25, -0.2) is 27.5 Å². The number of pyridine rings is 1. The number of benzene rings is 2. The van der Waals surface area contributed by atoms with Crippen LogP contribution in [0.5, 0.6) is 0 Å². The fraction of sp³-hybridized carbons (Fsp3) is 0.355. The van der Waals surface area contributed by atoms with Crippen molar-refractivity contribution in [2.24, 2.45) is 5.73 Å². The number of aromatic nitrogens is 5. The zero-order valence-corrected chi connectivity index (χ0v) is 27.1. The Morgan fingerprint density at radius 3 is 2.45 bits per heavy atom. The Bertz CT molecular complexity index is 2000. The van der Waals surface area contributed by atoms with Gasteiger partial charge in [0.05, 0.1) is 45.2 Å². The van der Waals surface area contributed by atoms with E-state index in [0.29, 0.717) is 24.3 Å². The van der Waals surface area contributed by atoms with E-state index in [2.05, 4.69) is 9.82 Å². The highest BCUT2D eigenvalue weighted by Crippen LogP contribution is 2.36. The molecular formula is C31H31ClF4N8O2S.